The van der Waals surface area contributed by atoms with Crippen LogP contribution in [0.3, 0.4) is 0 Å². The average Bonchev–Trinajstić information content (AvgIpc) is 1.60. The molecule has 0 saturated heterocycles. The first kappa shape index (κ1) is 22.5. The van der Waals surface area contributed by atoms with Gasteiger partial charge in [0.05, 0.1) is 0 Å². The predicted molar refractivity (Wildman–Crippen MR) is 36.1 cm³/mol. The summed E-state index contributed by atoms with van der Waals surface area (Å²) in [7, 11) is 0. The Kier molecular flexibility index (Phi) is 42.1. The van der Waals surface area contributed by atoms with Crippen LogP contribution in [-0.2, 0) is 26.7 Å². The van der Waals surface area contributed by atoms with E-state index < -0.39 is 11.9 Å². The Labute approximate surface area is 82.4 Å². The molecule has 0 aromatic heterocycles. The van der Waals surface area contributed by atoms with Crippen molar-refractivity contribution in [2.45, 2.75) is 20.8 Å². The third-order valence-corrected chi connectivity index (χ3v) is 0. The quantitative estimate of drug-likeness (QED) is 0.459. The standard InChI is InChI=1S/C2H7N.2C2H4O2.Cu/c1-2-3;2*1-2(3)4;/h2-3H2,1H3;2*1H3,(H,3,4);/q;;;+2/p-2. The zero-order chi connectivity index (χ0) is 9.86. The van der Waals surface area contributed by atoms with Gasteiger partial charge in [0.15, 0.2) is 0 Å². The van der Waals surface area contributed by atoms with Gasteiger partial charge < -0.3 is 25.5 Å². The molecule has 0 amide bonds. The number of hydrogen-bond acceptors (Lipinski definition) is 5. The molecule has 0 aliphatic heterocycles. The molecule has 6 heteroatoms. The fraction of sp³-hybridized carbons (Fsp3) is 0.667. The zero-order valence-electron chi connectivity index (χ0n) is 7.22. The van der Waals surface area contributed by atoms with Gasteiger partial charge in [-0.05, 0) is 20.4 Å². The Morgan fingerprint density at radius 1 is 1.17 bits per heavy atom. The molecule has 0 atom stereocenters. The van der Waals surface area contributed by atoms with Gasteiger partial charge in [-0.3, -0.25) is 0 Å². The first-order valence-corrected chi connectivity index (χ1v) is 2.93. The van der Waals surface area contributed by atoms with Crippen LogP contribution in [0.4, 0.5) is 0 Å². The molecule has 0 unspecified atom stereocenters. The van der Waals surface area contributed by atoms with Crippen LogP contribution in [0, 0.1) is 0 Å². The topological polar surface area (TPSA) is 106 Å². The van der Waals surface area contributed by atoms with Crippen LogP contribution in [0.25, 0.3) is 0 Å². The number of carbonyl (C=O) groups is 2. The fourth-order valence-corrected chi connectivity index (χ4v) is 0. The number of aliphatic carboxylic acids is 2. The molecular weight excluding hydrogens is 214 g/mol. The average molecular weight is 227 g/mol. The van der Waals surface area contributed by atoms with Crippen LogP contribution in [-0.4, -0.2) is 18.5 Å². The van der Waals surface area contributed by atoms with Crippen molar-refractivity contribution >= 4 is 11.9 Å². The Morgan fingerprint density at radius 2 is 1.17 bits per heavy atom. The molecule has 77 valence electrons. The van der Waals surface area contributed by atoms with E-state index in [1.807, 2.05) is 6.92 Å². The summed E-state index contributed by atoms with van der Waals surface area (Å²) in [6.07, 6.45) is 0. The second-order valence-electron chi connectivity index (χ2n) is 1.39. The van der Waals surface area contributed by atoms with E-state index in [1.165, 1.54) is 0 Å². The molecule has 5 nitrogen and oxygen atoms in total. The van der Waals surface area contributed by atoms with E-state index in [4.69, 9.17) is 25.5 Å². The Bertz CT molecular complexity index is 87.7. The summed E-state index contributed by atoms with van der Waals surface area (Å²) in [5, 5.41) is 17.8. The second kappa shape index (κ2) is 22.4. The number of carboxylic acid groups (broad SMARTS) is 2. The minimum atomic E-state index is -1.08. The Balaban J connectivity index is -0.0000000389. The SMILES string of the molecule is CC(=O)[O-].CC(=O)[O-].CCN.[Cu+2]. The van der Waals surface area contributed by atoms with E-state index in [1.54, 1.807) is 0 Å². The summed E-state index contributed by atoms with van der Waals surface area (Å²) in [5.74, 6) is -2.17. The number of carbonyl (C=O) groups excluding carboxylic acids is 2. The molecule has 0 aromatic carbocycles. The van der Waals surface area contributed by atoms with Crippen molar-refractivity contribution in [1.82, 2.24) is 0 Å². The summed E-state index contributed by atoms with van der Waals surface area (Å²) in [5.41, 5.74) is 4.85. The maximum atomic E-state index is 8.89. The van der Waals surface area contributed by atoms with Crippen LogP contribution in [0.1, 0.15) is 20.8 Å². The third kappa shape index (κ3) is 1980. The largest absolute Gasteiger partial charge is 2.00 e. The maximum absolute atomic E-state index is 8.89. The molecule has 0 spiro atoms. The van der Waals surface area contributed by atoms with Gasteiger partial charge in [0.1, 0.15) is 0 Å². The molecule has 0 saturated carbocycles. The third-order valence-electron chi connectivity index (χ3n) is 0. The number of hydrogen-bond donors (Lipinski definition) is 1. The molecule has 0 aromatic rings. The molecule has 0 fully saturated rings. The van der Waals surface area contributed by atoms with Gasteiger partial charge in [0.25, 0.3) is 0 Å². The Hall–Kier alpha value is -0.581. The molecule has 2 N–H and O–H groups in total. The van der Waals surface area contributed by atoms with Crippen LogP contribution in [0.5, 0.6) is 0 Å². The first-order chi connectivity index (χ1) is 4.88. The molecule has 0 heterocycles. The van der Waals surface area contributed by atoms with Gasteiger partial charge in [0, 0.05) is 11.9 Å². The van der Waals surface area contributed by atoms with E-state index in [0.717, 1.165) is 20.4 Å². The van der Waals surface area contributed by atoms with Crippen molar-refractivity contribution in [1.29, 1.82) is 0 Å². The predicted octanol–water partition coefficient (Wildman–Crippen LogP) is -2.53. The number of rotatable bonds is 0. The molecule has 0 aliphatic carbocycles. The fourth-order valence-electron chi connectivity index (χ4n) is 0. The number of carboxylic acids is 2. The molecule has 12 heavy (non-hydrogen) atoms. The molecule has 0 aliphatic rings. The first-order valence-electron chi connectivity index (χ1n) is 2.93. The van der Waals surface area contributed by atoms with Gasteiger partial charge in [-0.25, -0.2) is 0 Å². The molecule has 0 bridgehead atoms. The van der Waals surface area contributed by atoms with Crippen LogP contribution >= 0.6 is 0 Å². The van der Waals surface area contributed by atoms with E-state index in [0.29, 0.717) is 0 Å². The molecule has 0 rings (SSSR count). The normalized spacial score (nSPS) is 5.67. The molecular formula is C6H13CuNO4. The molecule has 1 radical (unpaired) electrons. The van der Waals surface area contributed by atoms with Crippen LogP contribution < -0.4 is 15.9 Å². The minimum absolute atomic E-state index is 0. The van der Waals surface area contributed by atoms with E-state index >= 15 is 0 Å². The maximum Gasteiger partial charge on any atom is 2.00 e. The van der Waals surface area contributed by atoms with Gasteiger partial charge in [-0.2, -0.15) is 0 Å². The monoisotopic (exact) mass is 226 g/mol. The van der Waals surface area contributed by atoms with Crippen molar-refractivity contribution in [3.8, 4) is 0 Å². The van der Waals surface area contributed by atoms with Crippen LogP contribution in [0.15, 0.2) is 0 Å². The summed E-state index contributed by atoms with van der Waals surface area (Å²) in [6, 6.07) is 0. The minimum Gasteiger partial charge on any atom is -0.550 e. The van der Waals surface area contributed by atoms with Crippen molar-refractivity contribution in [2.24, 2.45) is 5.73 Å². The summed E-state index contributed by atoms with van der Waals surface area (Å²) in [4.78, 5) is 17.8. The van der Waals surface area contributed by atoms with E-state index in [-0.39, 0.29) is 17.1 Å². The van der Waals surface area contributed by atoms with Crippen LogP contribution in [0.2, 0.25) is 0 Å². The number of nitrogens with two attached hydrogens (primary N) is 1. The smallest absolute Gasteiger partial charge is 0.550 e. The summed E-state index contributed by atoms with van der Waals surface area (Å²) < 4.78 is 0. The van der Waals surface area contributed by atoms with E-state index in [9.17, 15) is 0 Å². The Morgan fingerprint density at radius 3 is 1.17 bits per heavy atom. The summed E-state index contributed by atoms with van der Waals surface area (Å²) in [6.45, 7) is 4.60. The van der Waals surface area contributed by atoms with Crippen molar-refractivity contribution in [3.05, 3.63) is 0 Å². The zero-order valence-corrected chi connectivity index (χ0v) is 8.16. The van der Waals surface area contributed by atoms with Crippen molar-refractivity contribution < 1.29 is 36.9 Å². The van der Waals surface area contributed by atoms with Gasteiger partial charge in [-0.15, -0.1) is 0 Å². The van der Waals surface area contributed by atoms with Gasteiger partial charge in [0.2, 0.25) is 0 Å². The van der Waals surface area contributed by atoms with Gasteiger partial charge >= 0.3 is 17.1 Å². The summed E-state index contributed by atoms with van der Waals surface area (Å²) >= 11 is 0. The van der Waals surface area contributed by atoms with E-state index in [2.05, 4.69) is 0 Å². The van der Waals surface area contributed by atoms with Crippen molar-refractivity contribution in [3.63, 3.8) is 0 Å². The second-order valence-corrected chi connectivity index (χ2v) is 1.39. The van der Waals surface area contributed by atoms with Gasteiger partial charge in [-0.1, -0.05) is 6.92 Å². The van der Waals surface area contributed by atoms with Crippen molar-refractivity contribution in [2.75, 3.05) is 6.54 Å².